The summed E-state index contributed by atoms with van der Waals surface area (Å²) in [7, 11) is -0.630. The van der Waals surface area contributed by atoms with E-state index in [2.05, 4.69) is 5.32 Å². The van der Waals surface area contributed by atoms with Crippen LogP contribution in [0.1, 0.15) is 32.4 Å². The van der Waals surface area contributed by atoms with Crippen molar-refractivity contribution in [1.29, 1.82) is 0 Å². The summed E-state index contributed by atoms with van der Waals surface area (Å²) in [6, 6.07) is 10.6. The average Bonchev–Trinajstić information content (AvgIpc) is 2.73. The van der Waals surface area contributed by atoms with Gasteiger partial charge in [-0.15, -0.1) is 0 Å². The lowest BCUT2D eigenvalue weighted by Gasteiger charge is -2.29. The van der Waals surface area contributed by atoms with E-state index in [-0.39, 0.29) is 6.04 Å². The van der Waals surface area contributed by atoms with E-state index < -0.39 is 22.0 Å². The Morgan fingerprint density at radius 1 is 1.03 bits per heavy atom. The van der Waals surface area contributed by atoms with Crippen LogP contribution in [0.15, 0.2) is 42.5 Å². The largest absolute Gasteiger partial charge is 0.494 e. The summed E-state index contributed by atoms with van der Waals surface area (Å²) in [6.45, 7) is 5.73. The van der Waals surface area contributed by atoms with Gasteiger partial charge in [0.25, 0.3) is 0 Å². The molecular formula is C22H30N2O6S. The van der Waals surface area contributed by atoms with Crippen molar-refractivity contribution >= 4 is 21.6 Å². The van der Waals surface area contributed by atoms with E-state index >= 15 is 0 Å². The summed E-state index contributed by atoms with van der Waals surface area (Å²) in [5.41, 5.74) is 1.18. The van der Waals surface area contributed by atoms with E-state index in [1.807, 2.05) is 19.9 Å². The van der Waals surface area contributed by atoms with Crippen LogP contribution in [0, 0.1) is 0 Å². The number of anilines is 1. The van der Waals surface area contributed by atoms with Gasteiger partial charge in [-0.25, -0.2) is 8.42 Å². The van der Waals surface area contributed by atoms with Crippen molar-refractivity contribution in [3.8, 4) is 17.2 Å². The Labute approximate surface area is 184 Å². The predicted octanol–water partition coefficient (Wildman–Crippen LogP) is 3.13. The van der Waals surface area contributed by atoms with Gasteiger partial charge in [-0.05, 0) is 62.7 Å². The smallest absolute Gasteiger partial charge is 0.244 e. The SMILES string of the molecule is CCOc1ccc(N([C@H](C)C(=O)N[C@@H](C)c2ccc(OC)c(OC)c2)S(C)(=O)=O)cc1. The van der Waals surface area contributed by atoms with Gasteiger partial charge in [0, 0.05) is 0 Å². The van der Waals surface area contributed by atoms with Crippen molar-refractivity contribution in [2.45, 2.75) is 32.9 Å². The second-order valence-electron chi connectivity index (χ2n) is 7.01. The van der Waals surface area contributed by atoms with Crippen LogP contribution in [0.25, 0.3) is 0 Å². The number of nitrogens with one attached hydrogen (secondary N) is 1. The van der Waals surface area contributed by atoms with Gasteiger partial charge >= 0.3 is 0 Å². The Hall–Kier alpha value is -2.94. The molecule has 2 rings (SSSR count). The highest BCUT2D eigenvalue weighted by Crippen LogP contribution is 2.30. The van der Waals surface area contributed by atoms with Gasteiger partial charge in [0.05, 0.1) is 38.8 Å². The highest BCUT2D eigenvalue weighted by Gasteiger charge is 2.30. The van der Waals surface area contributed by atoms with E-state index in [0.717, 1.165) is 16.1 Å². The molecular weight excluding hydrogens is 420 g/mol. The number of ether oxygens (including phenoxy) is 3. The maximum atomic E-state index is 12.9. The molecule has 0 bridgehead atoms. The highest BCUT2D eigenvalue weighted by atomic mass is 32.2. The number of nitrogens with zero attached hydrogens (tertiary/aromatic N) is 1. The van der Waals surface area contributed by atoms with Crippen LogP contribution in [0.3, 0.4) is 0 Å². The Bertz CT molecular complexity index is 992. The van der Waals surface area contributed by atoms with E-state index in [0.29, 0.717) is 29.5 Å². The first kappa shape index (κ1) is 24.3. The second-order valence-corrected chi connectivity index (χ2v) is 8.87. The van der Waals surface area contributed by atoms with Gasteiger partial charge in [-0.3, -0.25) is 9.10 Å². The van der Waals surface area contributed by atoms with Crippen LogP contribution in [0.5, 0.6) is 17.2 Å². The number of benzene rings is 2. The predicted molar refractivity (Wildman–Crippen MR) is 120 cm³/mol. The number of hydrogen-bond donors (Lipinski definition) is 1. The van der Waals surface area contributed by atoms with Gasteiger partial charge < -0.3 is 19.5 Å². The quantitative estimate of drug-likeness (QED) is 0.598. The maximum Gasteiger partial charge on any atom is 0.244 e. The molecule has 0 aliphatic rings. The van der Waals surface area contributed by atoms with E-state index in [1.54, 1.807) is 50.4 Å². The Morgan fingerprint density at radius 2 is 1.65 bits per heavy atom. The molecule has 31 heavy (non-hydrogen) atoms. The van der Waals surface area contributed by atoms with E-state index in [4.69, 9.17) is 14.2 Å². The molecule has 2 aromatic carbocycles. The molecule has 0 saturated heterocycles. The summed E-state index contributed by atoms with van der Waals surface area (Å²) < 4.78 is 42.0. The Morgan fingerprint density at radius 3 is 2.16 bits per heavy atom. The van der Waals surface area contributed by atoms with Crippen LogP contribution < -0.4 is 23.8 Å². The zero-order valence-electron chi connectivity index (χ0n) is 18.7. The highest BCUT2D eigenvalue weighted by molar-refractivity contribution is 7.92. The topological polar surface area (TPSA) is 94.2 Å². The van der Waals surface area contributed by atoms with E-state index in [1.165, 1.54) is 7.11 Å². The van der Waals surface area contributed by atoms with Crippen molar-refractivity contribution in [3.05, 3.63) is 48.0 Å². The number of carbonyl (C=O) groups excluding carboxylic acids is 1. The van der Waals surface area contributed by atoms with Crippen molar-refractivity contribution in [1.82, 2.24) is 5.32 Å². The molecule has 0 aliphatic carbocycles. The Kier molecular flexibility index (Phi) is 8.15. The molecule has 170 valence electrons. The number of rotatable bonds is 10. The minimum atomic E-state index is -3.71. The molecule has 1 amide bonds. The number of methoxy groups -OCH3 is 2. The molecule has 0 radical (unpaired) electrons. The molecule has 0 heterocycles. The van der Waals surface area contributed by atoms with Crippen molar-refractivity contribution in [2.24, 2.45) is 0 Å². The summed E-state index contributed by atoms with van der Waals surface area (Å²) in [5.74, 6) is 1.32. The van der Waals surface area contributed by atoms with Gasteiger partial charge in [-0.2, -0.15) is 0 Å². The average molecular weight is 451 g/mol. The van der Waals surface area contributed by atoms with Crippen molar-refractivity contribution in [2.75, 3.05) is 31.4 Å². The fourth-order valence-corrected chi connectivity index (χ4v) is 4.38. The van der Waals surface area contributed by atoms with E-state index in [9.17, 15) is 13.2 Å². The first-order valence-electron chi connectivity index (χ1n) is 9.86. The molecule has 0 fully saturated rings. The van der Waals surface area contributed by atoms with Crippen LogP contribution in [-0.4, -0.2) is 47.4 Å². The van der Waals surface area contributed by atoms with Gasteiger partial charge in [-0.1, -0.05) is 6.07 Å². The lowest BCUT2D eigenvalue weighted by molar-refractivity contribution is -0.122. The zero-order valence-corrected chi connectivity index (χ0v) is 19.5. The molecule has 0 unspecified atom stereocenters. The minimum Gasteiger partial charge on any atom is -0.494 e. The summed E-state index contributed by atoms with van der Waals surface area (Å²) in [4.78, 5) is 12.9. The molecule has 9 heteroatoms. The number of hydrogen-bond acceptors (Lipinski definition) is 6. The van der Waals surface area contributed by atoms with Gasteiger partial charge in [0.1, 0.15) is 11.8 Å². The van der Waals surface area contributed by atoms with Crippen LogP contribution in [0.4, 0.5) is 5.69 Å². The zero-order chi connectivity index (χ0) is 23.2. The summed E-state index contributed by atoms with van der Waals surface area (Å²) >= 11 is 0. The summed E-state index contributed by atoms with van der Waals surface area (Å²) in [6.07, 6.45) is 1.07. The minimum absolute atomic E-state index is 0.378. The lowest BCUT2D eigenvalue weighted by Crippen LogP contribution is -2.48. The normalized spacial score (nSPS) is 13.1. The molecule has 2 atom stereocenters. The third-order valence-corrected chi connectivity index (χ3v) is 6.00. The maximum absolute atomic E-state index is 12.9. The van der Waals surface area contributed by atoms with Gasteiger partial charge in [0.2, 0.25) is 15.9 Å². The standard InChI is InChI=1S/C22H30N2O6S/c1-7-30-19-11-9-18(10-12-19)24(31(6,26)27)16(3)22(25)23-15(2)17-8-13-20(28-4)21(14-17)29-5/h8-16H,7H2,1-6H3,(H,23,25)/t15-,16+/m0/s1. The number of sulfonamides is 1. The van der Waals surface area contributed by atoms with Crippen molar-refractivity contribution < 1.29 is 27.4 Å². The monoisotopic (exact) mass is 450 g/mol. The van der Waals surface area contributed by atoms with Crippen LogP contribution >= 0.6 is 0 Å². The van der Waals surface area contributed by atoms with Gasteiger partial charge in [0.15, 0.2) is 11.5 Å². The lowest BCUT2D eigenvalue weighted by atomic mass is 10.1. The molecule has 2 aromatic rings. The number of amides is 1. The molecule has 0 saturated carbocycles. The van der Waals surface area contributed by atoms with Crippen LogP contribution in [0.2, 0.25) is 0 Å². The molecule has 0 spiro atoms. The second kappa shape index (κ2) is 10.4. The molecule has 0 aliphatic heterocycles. The summed E-state index contributed by atoms with van der Waals surface area (Å²) in [5, 5.41) is 2.87. The van der Waals surface area contributed by atoms with Crippen LogP contribution in [-0.2, 0) is 14.8 Å². The fourth-order valence-electron chi connectivity index (χ4n) is 3.20. The third kappa shape index (κ3) is 6.04. The van der Waals surface area contributed by atoms with Crippen molar-refractivity contribution in [3.63, 3.8) is 0 Å². The first-order chi connectivity index (χ1) is 14.6. The molecule has 0 aromatic heterocycles. The first-order valence-corrected chi connectivity index (χ1v) is 11.7. The number of carbonyl (C=O) groups is 1. The fraction of sp³-hybridized carbons (Fsp3) is 0.409. The molecule has 8 nitrogen and oxygen atoms in total. The molecule has 1 N–H and O–H groups in total. The third-order valence-electron chi connectivity index (χ3n) is 4.76. The Balaban J connectivity index is 2.23.